The molecule has 0 aliphatic carbocycles. The average Bonchev–Trinajstić information content (AvgIpc) is 3.33. The largest absolute Gasteiger partial charge is 0.454 e. The van der Waals surface area contributed by atoms with Crippen LogP contribution in [0.15, 0.2) is 138 Å². The fourth-order valence-corrected chi connectivity index (χ4v) is 4.98. The van der Waals surface area contributed by atoms with E-state index in [0.717, 1.165) is 33.3 Å². The summed E-state index contributed by atoms with van der Waals surface area (Å²) in [6.45, 7) is 0. The Labute approximate surface area is 209 Å². The van der Waals surface area contributed by atoms with E-state index in [4.69, 9.17) is 4.42 Å². The van der Waals surface area contributed by atoms with Crippen molar-refractivity contribution in [2.24, 2.45) is 0 Å². The van der Waals surface area contributed by atoms with Crippen molar-refractivity contribution in [1.82, 2.24) is 0 Å². The lowest BCUT2D eigenvalue weighted by Crippen LogP contribution is -1.90. The van der Waals surface area contributed by atoms with Gasteiger partial charge in [0.2, 0.25) is 0 Å². The van der Waals surface area contributed by atoms with Crippen LogP contribution in [0.4, 0.5) is 11.4 Å². The predicted molar refractivity (Wildman–Crippen MR) is 152 cm³/mol. The number of anilines is 2. The Kier molecular flexibility index (Phi) is 4.82. The molecule has 0 spiro atoms. The average molecular weight is 462 g/mol. The van der Waals surface area contributed by atoms with Crippen LogP contribution in [0.3, 0.4) is 0 Å². The number of hydrogen-bond donors (Lipinski definition) is 1. The molecular formula is C34H23NO. The lowest BCUT2D eigenvalue weighted by atomic mass is 10.0. The molecule has 0 saturated heterocycles. The molecule has 2 heteroatoms. The van der Waals surface area contributed by atoms with Gasteiger partial charge in [-0.2, -0.15) is 0 Å². The SMILES string of the molecule is c1ccc(-c2ccc3oc4c(Nc5ccc(-c6ccc7ccccc7c6)cc5)cccc4c3c2)cc1. The van der Waals surface area contributed by atoms with Crippen LogP contribution < -0.4 is 5.32 Å². The van der Waals surface area contributed by atoms with Gasteiger partial charge in [-0.3, -0.25) is 0 Å². The third-order valence-electron chi connectivity index (χ3n) is 6.85. The van der Waals surface area contributed by atoms with Crippen molar-refractivity contribution in [1.29, 1.82) is 0 Å². The van der Waals surface area contributed by atoms with E-state index in [1.807, 2.05) is 6.07 Å². The molecule has 0 aliphatic heterocycles. The van der Waals surface area contributed by atoms with Crippen LogP contribution in [0.2, 0.25) is 0 Å². The van der Waals surface area contributed by atoms with Crippen LogP contribution >= 0.6 is 0 Å². The summed E-state index contributed by atoms with van der Waals surface area (Å²) >= 11 is 0. The van der Waals surface area contributed by atoms with Crippen LogP contribution in [-0.4, -0.2) is 0 Å². The van der Waals surface area contributed by atoms with E-state index in [1.165, 1.54) is 33.0 Å². The second kappa shape index (κ2) is 8.44. The van der Waals surface area contributed by atoms with Gasteiger partial charge in [0.05, 0.1) is 5.69 Å². The first kappa shape index (κ1) is 20.5. The van der Waals surface area contributed by atoms with E-state index < -0.39 is 0 Å². The highest BCUT2D eigenvalue weighted by Gasteiger charge is 2.12. The van der Waals surface area contributed by atoms with Crippen molar-refractivity contribution in [2.75, 3.05) is 5.32 Å². The normalized spacial score (nSPS) is 11.3. The van der Waals surface area contributed by atoms with E-state index in [9.17, 15) is 0 Å². The predicted octanol–water partition coefficient (Wildman–Crippen LogP) is 9.82. The molecule has 1 N–H and O–H groups in total. The summed E-state index contributed by atoms with van der Waals surface area (Å²) in [6, 6.07) is 46.8. The van der Waals surface area contributed by atoms with Gasteiger partial charge in [0.1, 0.15) is 5.58 Å². The monoisotopic (exact) mass is 461 g/mol. The van der Waals surface area contributed by atoms with Crippen molar-refractivity contribution in [2.45, 2.75) is 0 Å². The number of para-hydroxylation sites is 1. The molecule has 0 atom stereocenters. The van der Waals surface area contributed by atoms with Gasteiger partial charge in [-0.25, -0.2) is 0 Å². The summed E-state index contributed by atoms with van der Waals surface area (Å²) < 4.78 is 6.32. The molecule has 2 nitrogen and oxygen atoms in total. The third kappa shape index (κ3) is 3.60. The summed E-state index contributed by atoms with van der Waals surface area (Å²) in [5.41, 5.74) is 8.56. The van der Waals surface area contributed by atoms with Crippen molar-refractivity contribution < 1.29 is 4.42 Å². The van der Waals surface area contributed by atoms with Crippen LogP contribution in [0, 0.1) is 0 Å². The summed E-state index contributed by atoms with van der Waals surface area (Å²) in [5.74, 6) is 0. The summed E-state index contributed by atoms with van der Waals surface area (Å²) in [4.78, 5) is 0. The van der Waals surface area contributed by atoms with Gasteiger partial charge >= 0.3 is 0 Å². The fraction of sp³-hybridized carbons (Fsp3) is 0. The van der Waals surface area contributed by atoms with Gasteiger partial charge in [-0.15, -0.1) is 0 Å². The Hall–Kier alpha value is -4.82. The molecule has 36 heavy (non-hydrogen) atoms. The second-order valence-electron chi connectivity index (χ2n) is 9.13. The Morgan fingerprint density at radius 1 is 0.444 bits per heavy atom. The second-order valence-corrected chi connectivity index (χ2v) is 9.13. The minimum Gasteiger partial charge on any atom is -0.454 e. The van der Waals surface area contributed by atoms with E-state index in [1.54, 1.807) is 0 Å². The maximum Gasteiger partial charge on any atom is 0.158 e. The topological polar surface area (TPSA) is 25.2 Å². The van der Waals surface area contributed by atoms with Gasteiger partial charge in [0.25, 0.3) is 0 Å². The van der Waals surface area contributed by atoms with Crippen LogP contribution in [0.25, 0.3) is 55.0 Å². The highest BCUT2D eigenvalue weighted by Crippen LogP contribution is 2.37. The minimum atomic E-state index is 0.872. The highest BCUT2D eigenvalue weighted by molar-refractivity contribution is 6.10. The van der Waals surface area contributed by atoms with E-state index in [0.29, 0.717) is 0 Å². The van der Waals surface area contributed by atoms with E-state index in [2.05, 4.69) is 133 Å². The molecule has 0 bridgehead atoms. The summed E-state index contributed by atoms with van der Waals surface area (Å²) in [7, 11) is 0. The zero-order valence-electron chi connectivity index (χ0n) is 19.6. The van der Waals surface area contributed by atoms with Crippen LogP contribution in [0.1, 0.15) is 0 Å². The summed E-state index contributed by atoms with van der Waals surface area (Å²) in [5, 5.41) is 8.32. The lowest BCUT2D eigenvalue weighted by molar-refractivity contribution is 0.670. The number of benzene rings is 6. The number of furan rings is 1. The maximum absolute atomic E-state index is 6.32. The fourth-order valence-electron chi connectivity index (χ4n) is 4.98. The molecule has 7 rings (SSSR count). The zero-order chi connectivity index (χ0) is 23.9. The molecule has 0 aliphatic rings. The Bertz CT molecular complexity index is 1850. The van der Waals surface area contributed by atoms with E-state index >= 15 is 0 Å². The molecule has 1 heterocycles. The standard InChI is InChI=1S/C34H23NO/c1-2-7-23(8-3-1)28-17-20-33-31(22-28)30-11-6-12-32(34(30)36-33)35-29-18-15-25(16-19-29)27-14-13-24-9-4-5-10-26(24)21-27/h1-22,35H. The molecule has 1 aromatic heterocycles. The molecular weight excluding hydrogens is 438 g/mol. The molecule has 0 radical (unpaired) electrons. The maximum atomic E-state index is 6.32. The number of hydrogen-bond acceptors (Lipinski definition) is 2. The highest BCUT2D eigenvalue weighted by atomic mass is 16.3. The number of fused-ring (bicyclic) bond motifs is 4. The first-order valence-electron chi connectivity index (χ1n) is 12.2. The lowest BCUT2D eigenvalue weighted by Gasteiger charge is -2.09. The molecule has 0 saturated carbocycles. The molecule has 6 aromatic carbocycles. The quantitative estimate of drug-likeness (QED) is 0.282. The Morgan fingerprint density at radius 3 is 2.00 bits per heavy atom. The molecule has 170 valence electrons. The molecule has 7 aromatic rings. The van der Waals surface area contributed by atoms with Gasteiger partial charge in [-0.05, 0) is 69.4 Å². The van der Waals surface area contributed by atoms with Crippen molar-refractivity contribution in [3.8, 4) is 22.3 Å². The third-order valence-corrected chi connectivity index (χ3v) is 6.85. The molecule has 0 unspecified atom stereocenters. The van der Waals surface area contributed by atoms with Gasteiger partial charge < -0.3 is 9.73 Å². The Morgan fingerprint density at radius 2 is 1.14 bits per heavy atom. The molecule has 0 amide bonds. The zero-order valence-corrected chi connectivity index (χ0v) is 19.6. The number of rotatable bonds is 4. The minimum absolute atomic E-state index is 0.872. The summed E-state index contributed by atoms with van der Waals surface area (Å²) in [6.07, 6.45) is 0. The smallest absolute Gasteiger partial charge is 0.158 e. The first-order chi connectivity index (χ1) is 17.8. The number of nitrogens with one attached hydrogen (secondary N) is 1. The van der Waals surface area contributed by atoms with Gasteiger partial charge in [-0.1, -0.05) is 97.1 Å². The Balaban J connectivity index is 1.22. The van der Waals surface area contributed by atoms with Crippen molar-refractivity contribution in [3.05, 3.63) is 133 Å². The van der Waals surface area contributed by atoms with Gasteiger partial charge in [0, 0.05) is 16.5 Å². The van der Waals surface area contributed by atoms with E-state index in [-0.39, 0.29) is 0 Å². The van der Waals surface area contributed by atoms with Crippen molar-refractivity contribution in [3.63, 3.8) is 0 Å². The molecule has 0 fully saturated rings. The first-order valence-corrected chi connectivity index (χ1v) is 12.2. The van der Waals surface area contributed by atoms with Crippen molar-refractivity contribution >= 4 is 44.1 Å². The van der Waals surface area contributed by atoms with Crippen LogP contribution in [0.5, 0.6) is 0 Å². The van der Waals surface area contributed by atoms with Gasteiger partial charge in [0.15, 0.2) is 5.58 Å². The van der Waals surface area contributed by atoms with Crippen LogP contribution in [-0.2, 0) is 0 Å².